The van der Waals surface area contributed by atoms with Gasteiger partial charge in [-0.15, -0.1) is 0 Å². The Balaban J connectivity index is 2.05. The molecule has 1 aromatic heterocycles. The lowest BCUT2D eigenvalue weighted by molar-refractivity contribution is 0.407. The van der Waals surface area contributed by atoms with E-state index in [0.717, 1.165) is 32.4 Å². The molecule has 0 aliphatic heterocycles. The minimum Gasteiger partial charge on any atom is -0.496 e. The van der Waals surface area contributed by atoms with Crippen molar-refractivity contribution in [2.45, 2.75) is 6.54 Å². The zero-order chi connectivity index (χ0) is 14.1. The first kappa shape index (κ1) is 13.0. The van der Waals surface area contributed by atoms with Gasteiger partial charge < -0.3 is 10.5 Å². The Morgan fingerprint density at radius 2 is 2.10 bits per heavy atom. The molecule has 2 N–H and O–H groups in total. The monoisotopic (exact) mass is 331 g/mol. The lowest BCUT2D eigenvalue weighted by Gasteiger charge is -2.10. The number of fused-ring (bicyclic) bond motifs is 1. The fourth-order valence-corrected chi connectivity index (χ4v) is 2.65. The van der Waals surface area contributed by atoms with Crippen LogP contribution < -0.4 is 10.5 Å². The van der Waals surface area contributed by atoms with Crippen LogP contribution in [0, 0.1) is 0 Å². The van der Waals surface area contributed by atoms with Gasteiger partial charge in [-0.1, -0.05) is 15.9 Å². The van der Waals surface area contributed by atoms with Gasteiger partial charge in [0.2, 0.25) is 0 Å². The number of nitrogen functional groups attached to an aromatic ring is 1. The Bertz CT molecular complexity index is 767. The molecule has 2 aromatic carbocycles. The Morgan fingerprint density at radius 1 is 1.25 bits per heavy atom. The first-order valence-corrected chi connectivity index (χ1v) is 7.00. The van der Waals surface area contributed by atoms with Gasteiger partial charge in [0.1, 0.15) is 5.75 Å². The number of rotatable bonds is 3. The van der Waals surface area contributed by atoms with E-state index in [9.17, 15) is 0 Å². The average molecular weight is 332 g/mol. The predicted molar refractivity (Wildman–Crippen MR) is 83.9 cm³/mol. The fourth-order valence-electron chi connectivity index (χ4n) is 2.25. The molecule has 20 heavy (non-hydrogen) atoms. The van der Waals surface area contributed by atoms with E-state index in [0.29, 0.717) is 6.54 Å². The summed E-state index contributed by atoms with van der Waals surface area (Å²) in [6.45, 7) is 0.634. The van der Waals surface area contributed by atoms with Crippen LogP contribution in [0.2, 0.25) is 0 Å². The molecule has 1 heterocycles. The summed E-state index contributed by atoms with van der Waals surface area (Å²) < 4.78 is 8.34. The summed E-state index contributed by atoms with van der Waals surface area (Å²) in [6.07, 6.45) is 1.85. The first-order chi connectivity index (χ1) is 9.67. The zero-order valence-corrected chi connectivity index (χ0v) is 12.6. The highest BCUT2D eigenvalue weighted by Gasteiger charge is 2.08. The van der Waals surface area contributed by atoms with Crippen LogP contribution in [-0.4, -0.2) is 16.9 Å². The molecular formula is C15H14BrN3O. The number of halogens is 1. The normalized spacial score (nSPS) is 10.9. The van der Waals surface area contributed by atoms with Crippen molar-refractivity contribution < 1.29 is 4.74 Å². The molecule has 102 valence electrons. The fraction of sp³-hybridized carbons (Fsp3) is 0.133. The van der Waals surface area contributed by atoms with Crippen molar-refractivity contribution in [1.29, 1.82) is 0 Å². The van der Waals surface area contributed by atoms with Gasteiger partial charge in [0, 0.05) is 21.1 Å². The van der Waals surface area contributed by atoms with Crippen molar-refractivity contribution in [3.8, 4) is 5.75 Å². The van der Waals surface area contributed by atoms with E-state index in [1.807, 2.05) is 47.3 Å². The van der Waals surface area contributed by atoms with Crippen molar-refractivity contribution >= 4 is 32.5 Å². The van der Waals surface area contributed by atoms with Crippen molar-refractivity contribution in [1.82, 2.24) is 9.78 Å². The molecule has 0 bridgehead atoms. The second kappa shape index (κ2) is 5.17. The molecule has 0 fully saturated rings. The van der Waals surface area contributed by atoms with Gasteiger partial charge in [0.25, 0.3) is 0 Å². The molecule has 0 spiro atoms. The van der Waals surface area contributed by atoms with E-state index in [1.54, 1.807) is 7.11 Å². The van der Waals surface area contributed by atoms with Gasteiger partial charge >= 0.3 is 0 Å². The highest BCUT2D eigenvalue weighted by molar-refractivity contribution is 9.10. The van der Waals surface area contributed by atoms with E-state index in [-0.39, 0.29) is 0 Å². The third kappa shape index (κ3) is 2.36. The molecule has 0 aliphatic rings. The summed E-state index contributed by atoms with van der Waals surface area (Å²) in [4.78, 5) is 0. The van der Waals surface area contributed by atoms with Crippen molar-refractivity contribution in [2.24, 2.45) is 0 Å². The van der Waals surface area contributed by atoms with Crippen LogP contribution >= 0.6 is 15.9 Å². The maximum absolute atomic E-state index is 5.85. The molecule has 0 radical (unpaired) electrons. The second-order valence-corrected chi connectivity index (χ2v) is 5.49. The van der Waals surface area contributed by atoms with E-state index >= 15 is 0 Å². The van der Waals surface area contributed by atoms with Gasteiger partial charge in [0.15, 0.2) is 0 Å². The van der Waals surface area contributed by atoms with E-state index in [2.05, 4.69) is 21.0 Å². The molecule has 3 aromatic rings. The Morgan fingerprint density at radius 3 is 2.90 bits per heavy atom. The molecular weight excluding hydrogens is 318 g/mol. The second-order valence-electron chi connectivity index (χ2n) is 4.58. The molecule has 0 amide bonds. The third-order valence-electron chi connectivity index (χ3n) is 3.23. The first-order valence-electron chi connectivity index (χ1n) is 6.21. The Hall–Kier alpha value is -2.01. The van der Waals surface area contributed by atoms with Crippen LogP contribution in [0.1, 0.15) is 5.56 Å². The van der Waals surface area contributed by atoms with E-state index in [4.69, 9.17) is 10.5 Å². The topological polar surface area (TPSA) is 53.1 Å². The molecule has 3 rings (SSSR count). The summed E-state index contributed by atoms with van der Waals surface area (Å²) in [5.74, 6) is 0.848. The summed E-state index contributed by atoms with van der Waals surface area (Å²) in [5.41, 5.74) is 8.67. The van der Waals surface area contributed by atoms with Crippen LogP contribution in [0.3, 0.4) is 0 Å². The van der Waals surface area contributed by atoms with Crippen LogP contribution in [0.25, 0.3) is 10.9 Å². The third-order valence-corrected chi connectivity index (χ3v) is 3.72. The molecule has 0 atom stereocenters. The maximum Gasteiger partial charge on any atom is 0.124 e. The number of benzene rings is 2. The van der Waals surface area contributed by atoms with Crippen LogP contribution in [0.15, 0.2) is 47.1 Å². The molecule has 0 saturated carbocycles. The van der Waals surface area contributed by atoms with E-state index < -0.39 is 0 Å². The minimum absolute atomic E-state index is 0.634. The number of nitrogens with zero attached hydrogens (tertiary/aromatic N) is 2. The highest BCUT2D eigenvalue weighted by Crippen LogP contribution is 2.25. The van der Waals surface area contributed by atoms with Crippen LogP contribution in [0.4, 0.5) is 5.69 Å². The Kier molecular flexibility index (Phi) is 3.36. The van der Waals surface area contributed by atoms with Crippen molar-refractivity contribution in [3.63, 3.8) is 0 Å². The number of hydrogen-bond donors (Lipinski definition) is 1. The molecule has 5 heteroatoms. The van der Waals surface area contributed by atoms with Gasteiger partial charge in [-0.3, -0.25) is 4.68 Å². The van der Waals surface area contributed by atoms with Crippen molar-refractivity contribution in [3.05, 3.63) is 52.6 Å². The number of aromatic nitrogens is 2. The zero-order valence-electron chi connectivity index (χ0n) is 11.0. The molecule has 0 aliphatic carbocycles. The van der Waals surface area contributed by atoms with Gasteiger partial charge in [0.05, 0.1) is 25.4 Å². The summed E-state index contributed by atoms with van der Waals surface area (Å²) >= 11 is 3.49. The number of methoxy groups -OCH3 is 1. The van der Waals surface area contributed by atoms with Crippen molar-refractivity contribution in [2.75, 3.05) is 12.8 Å². The van der Waals surface area contributed by atoms with Crippen LogP contribution in [-0.2, 0) is 6.54 Å². The minimum atomic E-state index is 0.634. The summed E-state index contributed by atoms with van der Waals surface area (Å²) in [6, 6.07) is 11.7. The van der Waals surface area contributed by atoms with E-state index in [1.165, 1.54) is 0 Å². The number of nitrogens with two attached hydrogens (primary N) is 1. The summed E-state index contributed by atoms with van der Waals surface area (Å²) in [5, 5.41) is 5.50. The quantitative estimate of drug-likeness (QED) is 0.748. The van der Waals surface area contributed by atoms with Gasteiger partial charge in [-0.25, -0.2) is 0 Å². The average Bonchev–Trinajstić information content (AvgIpc) is 2.82. The Labute approximate surface area is 125 Å². The lowest BCUT2D eigenvalue weighted by atomic mass is 10.2. The SMILES string of the molecule is COc1ccc(Br)cc1Cn1ncc2ccc(N)cc21. The number of hydrogen-bond acceptors (Lipinski definition) is 3. The molecule has 0 saturated heterocycles. The highest BCUT2D eigenvalue weighted by atomic mass is 79.9. The smallest absolute Gasteiger partial charge is 0.124 e. The molecule has 4 nitrogen and oxygen atoms in total. The summed E-state index contributed by atoms with van der Waals surface area (Å²) in [7, 11) is 1.67. The number of ether oxygens (including phenoxy) is 1. The predicted octanol–water partition coefficient (Wildman–Crippen LogP) is 3.44. The standard InChI is InChI=1S/C15H14BrN3O/c1-20-15-5-3-12(16)6-11(15)9-19-14-7-13(17)4-2-10(14)8-18-19/h2-8H,9,17H2,1H3. The molecule has 0 unspecified atom stereocenters. The largest absolute Gasteiger partial charge is 0.496 e. The number of anilines is 1. The van der Waals surface area contributed by atoms with Gasteiger partial charge in [-0.05, 0) is 36.4 Å². The van der Waals surface area contributed by atoms with Crippen LogP contribution in [0.5, 0.6) is 5.75 Å². The lowest BCUT2D eigenvalue weighted by Crippen LogP contribution is -2.03. The van der Waals surface area contributed by atoms with Gasteiger partial charge in [-0.2, -0.15) is 5.10 Å². The maximum atomic E-state index is 5.85.